The number of fused-ring (bicyclic) bond motifs is 1. The summed E-state index contributed by atoms with van der Waals surface area (Å²) in [6.07, 6.45) is 11.0. The largest absolute Gasteiger partial charge is 0.393 e. The summed E-state index contributed by atoms with van der Waals surface area (Å²) in [5.74, 6) is 0.992. The maximum Gasteiger partial charge on any atom is 0.0784 e. The van der Waals surface area contributed by atoms with Crippen molar-refractivity contribution in [2.45, 2.75) is 71.3 Å². The van der Waals surface area contributed by atoms with E-state index in [2.05, 4.69) is 18.7 Å². The molecule has 0 bridgehead atoms. The second-order valence-corrected chi connectivity index (χ2v) is 7.58. The number of piperidine rings is 1. The second kappa shape index (κ2) is 6.53. The van der Waals surface area contributed by atoms with Crippen LogP contribution in [0.15, 0.2) is 0 Å². The van der Waals surface area contributed by atoms with Crippen molar-refractivity contribution in [1.29, 1.82) is 0 Å². The molecule has 2 N–H and O–H groups in total. The van der Waals surface area contributed by atoms with E-state index in [1.165, 1.54) is 58.0 Å². The Morgan fingerprint density at radius 2 is 1.89 bits per heavy atom. The normalized spacial score (nSPS) is 28.9. The Labute approximate surface area is 124 Å². The van der Waals surface area contributed by atoms with Crippen LogP contribution in [-0.4, -0.2) is 29.0 Å². The third kappa shape index (κ3) is 3.91. The molecule has 0 aromatic rings. The molecule has 110 valence electrons. The first kappa shape index (κ1) is 15.2. The van der Waals surface area contributed by atoms with Gasteiger partial charge in [-0.1, -0.05) is 38.9 Å². The third-order valence-corrected chi connectivity index (χ3v) is 5.82. The summed E-state index contributed by atoms with van der Waals surface area (Å²) in [6, 6.07) is 0.885. The Morgan fingerprint density at radius 1 is 1.21 bits per heavy atom. The smallest absolute Gasteiger partial charge is 0.0784 e. The summed E-state index contributed by atoms with van der Waals surface area (Å²) >= 11 is 5.16. The van der Waals surface area contributed by atoms with Crippen molar-refractivity contribution in [2.24, 2.45) is 17.1 Å². The molecule has 0 aromatic heterocycles. The van der Waals surface area contributed by atoms with Crippen LogP contribution in [0.1, 0.15) is 65.2 Å². The van der Waals surface area contributed by atoms with E-state index in [0.29, 0.717) is 4.99 Å². The van der Waals surface area contributed by atoms with Gasteiger partial charge in [-0.15, -0.1) is 0 Å². The predicted molar refractivity (Wildman–Crippen MR) is 86.4 cm³/mol. The zero-order chi connectivity index (χ0) is 13.9. The Balaban J connectivity index is 1.80. The number of nitrogens with two attached hydrogens (primary N) is 1. The molecule has 1 aliphatic carbocycles. The second-order valence-electron chi connectivity index (χ2n) is 7.14. The summed E-state index contributed by atoms with van der Waals surface area (Å²) < 4.78 is 0. The molecule has 2 fully saturated rings. The van der Waals surface area contributed by atoms with Crippen molar-refractivity contribution >= 4 is 17.2 Å². The van der Waals surface area contributed by atoms with E-state index in [4.69, 9.17) is 18.0 Å². The van der Waals surface area contributed by atoms with Gasteiger partial charge in [-0.3, -0.25) is 0 Å². The van der Waals surface area contributed by atoms with Gasteiger partial charge >= 0.3 is 0 Å². The van der Waals surface area contributed by atoms with E-state index in [1.807, 2.05) is 0 Å². The number of likely N-dealkylation sites (tertiary alicyclic amines) is 1. The molecule has 1 heterocycles. The van der Waals surface area contributed by atoms with Gasteiger partial charge in [0.15, 0.2) is 0 Å². The molecule has 3 heteroatoms. The van der Waals surface area contributed by atoms with Gasteiger partial charge in [0.2, 0.25) is 0 Å². The minimum absolute atomic E-state index is 0.0249. The molecule has 0 unspecified atom stereocenters. The van der Waals surface area contributed by atoms with Crippen molar-refractivity contribution in [1.82, 2.24) is 4.90 Å². The van der Waals surface area contributed by atoms with Crippen molar-refractivity contribution < 1.29 is 0 Å². The van der Waals surface area contributed by atoms with Crippen molar-refractivity contribution in [3.63, 3.8) is 0 Å². The minimum Gasteiger partial charge on any atom is -0.393 e. The van der Waals surface area contributed by atoms with Gasteiger partial charge in [-0.25, -0.2) is 0 Å². The van der Waals surface area contributed by atoms with Crippen LogP contribution in [0.4, 0.5) is 0 Å². The molecule has 0 spiro atoms. The average Bonchev–Trinajstić information content (AvgIpc) is 2.38. The number of rotatable bonds is 5. The predicted octanol–water partition coefficient (Wildman–Crippen LogP) is 3.73. The molecule has 0 radical (unpaired) electrons. The molecule has 2 atom stereocenters. The highest BCUT2D eigenvalue weighted by molar-refractivity contribution is 7.80. The van der Waals surface area contributed by atoms with Crippen LogP contribution >= 0.6 is 12.2 Å². The fraction of sp³-hybridized carbons (Fsp3) is 0.938. The van der Waals surface area contributed by atoms with E-state index in [-0.39, 0.29) is 5.41 Å². The van der Waals surface area contributed by atoms with Gasteiger partial charge in [-0.05, 0) is 57.5 Å². The maximum absolute atomic E-state index is 5.81. The van der Waals surface area contributed by atoms with E-state index >= 15 is 0 Å². The molecular weight excluding hydrogens is 252 g/mol. The Bertz CT molecular complexity index is 312. The highest BCUT2D eigenvalue weighted by atomic mass is 32.1. The number of hydrogen-bond donors (Lipinski definition) is 1. The number of hydrogen-bond acceptors (Lipinski definition) is 2. The number of thiocarbonyl (C=S) groups is 1. The highest BCUT2D eigenvalue weighted by Gasteiger charge is 2.33. The standard InChI is InChI=1S/C16H30N2S/c1-16(2,15(17)19)10-6-12-18-11-5-8-13-7-3-4-9-14(13)18/h13-14H,3-12H2,1-2H3,(H2,17,19)/t13-,14-/m1/s1. The van der Waals surface area contributed by atoms with E-state index < -0.39 is 0 Å². The van der Waals surface area contributed by atoms with E-state index in [0.717, 1.165) is 18.4 Å². The molecule has 19 heavy (non-hydrogen) atoms. The molecule has 2 rings (SSSR count). The summed E-state index contributed by atoms with van der Waals surface area (Å²) in [5.41, 5.74) is 5.84. The van der Waals surface area contributed by atoms with Crippen LogP contribution in [0.3, 0.4) is 0 Å². The summed E-state index contributed by atoms with van der Waals surface area (Å²) in [5, 5.41) is 0. The fourth-order valence-corrected chi connectivity index (χ4v) is 3.95. The van der Waals surface area contributed by atoms with Gasteiger partial charge in [0.05, 0.1) is 4.99 Å². The van der Waals surface area contributed by atoms with Crippen molar-refractivity contribution in [3.8, 4) is 0 Å². The molecule has 0 amide bonds. The Kier molecular flexibility index (Phi) is 5.24. The van der Waals surface area contributed by atoms with Gasteiger partial charge in [-0.2, -0.15) is 0 Å². The lowest BCUT2D eigenvalue weighted by Crippen LogP contribution is -2.47. The first-order valence-electron chi connectivity index (χ1n) is 8.05. The summed E-state index contributed by atoms with van der Waals surface area (Å²) in [6.45, 7) is 6.91. The third-order valence-electron chi connectivity index (χ3n) is 5.27. The SMILES string of the molecule is CC(C)(CCCN1CCC[C@H]2CCCC[C@H]21)C(N)=S. The monoisotopic (exact) mass is 282 g/mol. The van der Waals surface area contributed by atoms with Crippen molar-refractivity contribution in [2.75, 3.05) is 13.1 Å². The average molecular weight is 282 g/mol. The lowest BCUT2D eigenvalue weighted by molar-refractivity contribution is 0.0583. The van der Waals surface area contributed by atoms with Gasteiger partial charge in [0.25, 0.3) is 0 Å². The first-order valence-corrected chi connectivity index (χ1v) is 8.45. The highest BCUT2D eigenvalue weighted by Crippen LogP contribution is 2.35. The zero-order valence-electron chi connectivity index (χ0n) is 12.7. The summed E-state index contributed by atoms with van der Waals surface area (Å²) in [7, 11) is 0. The zero-order valence-corrected chi connectivity index (χ0v) is 13.5. The fourth-order valence-electron chi connectivity index (χ4n) is 3.85. The van der Waals surface area contributed by atoms with Crippen LogP contribution in [0.2, 0.25) is 0 Å². The molecule has 1 saturated carbocycles. The molecule has 0 aromatic carbocycles. The molecule has 2 aliphatic rings. The Morgan fingerprint density at radius 3 is 2.63 bits per heavy atom. The van der Waals surface area contributed by atoms with Crippen LogP contribution < -0.4 is 5.73 Å². The van der Waals surface area contributed by atoms with Crippen LogP contribution in [-0.2, 0) is 0 Å². The minimum atomic E-state index is 0.0249. The van der Waals surface area contributed by atoms with Crippen LogP contribution in [0.5, 0.6) is 0 Å². The number of nitrogens with zero attached hydrogens (tertiary/aromatic N) is 1. The molecular formula is C16H30N2S. The maximum atomic E-state index is 5.81. The topological polar surface area (TPSA) is 29.3 Å². The van der Waals surface area contributed by atoms with E-state index in [1.54, 1.807) is 0 Å². The molecule has 1 aliphatic heterocycles. The van der Waals surface area contributed by atoms with Crippen LogP contribution in [0, 0.1) is 11.3 Å². The van der Waals surface area contributed by atoms with Crippen molar-refractivity contribution in [3.05, 3.63) is 0 Å². The lowest BCUT2D eigenvalue weighted by Gasteiger charge is -2.44. The lowest BCUT2D eigenvalue weighted by atomic mass is 9.78. The molecule has 2 nitrogen and oxygen atoms in total. The van der Waals surface area contributed by atoms with Crippen LogP contribution in [0.25, 0.3) is 0 Å². The first-order chi connectivity index (χ1) is 9.00. The van der Waals surface area contributed by atoms with Gasteiger partial charge < -0.3 is 10.6 Å². The quantitative estimate of drug-likeness (QED) is 0.779. The Hall–Kier alpha value is -0.150. The summed E-state index contributed by atoms with van der Waals surface area (Å²) in [4.78, 5) is 3.44. The van der Waals surface area contributed by atoms with E-state index in [9.17, 15) is 0 Å². The van der Waals surface area contributed by atoms with Gasteiger partial charge in [0.1, 0.15) is 0 Å². The molecule has 1 saturated heterocycles. The van der Waals surface area contributed by atoms with Gasteiger partial charge in [0, 0.05) is 11.5 Å².